The first-order valence-corrected chi connectivity index (χ1v) is 9.37. The Hall–Kier alpha value is -0.490. The summed E-state index contributed by atoms with van der Waals surface area (Å²) in [4.78, 5) is 0. The Morgan fingerprint density at radius 1 is 1.12 bits per heavy atom. The van der Waals surface area contributed by atoms with E-state index in [1.165, 1.54) is 50.5 Å². The SMILES string of the molecule is COc1cc(CNC2CCCCCCC2)c(Br)cc1OCCO.[Cl-]. The van der Waals surface area contributed by atoms with Crippen LogP contribution in [0.5, 0.6) is 11.5 Å². The molecule has 0 heterocycles. The van der Waals surface area contributed by atoms with Gasteiger partial charge in [-0.1, -0.05) is 48.0 Å². The third-order valence-corrected chi connectivity index (χ3v) is 5.11. The molecule has 0 aromatic heterocycles. The Bertz CT molecular complexity index is 480. The van der Waals surface area contributed by atoms with Crippen LogP contribution in [0.25, 0.3) is 0 Å². The molecule has 0 spiro atoms. The average Bonchev–Trinajstić information content (AvgIpc) is 2.53. The predicted molar refractivity (Wildman–Crippen MR) is 96.2 cm³/mol. The molecule has 4 nitrogen and oxygen atoms in total. The van der Waals surface area contributed by atoms with Gasteiger partial charge < -0.3 is 32.3 Å². The molecule has 6 heteroatoms. The standard InChI is InChI=1S/C18H28BrNO3.ClH/c1-22-17-11-14(16(19)12-18(17)23-10-9-21)13-20-15-7-5-3-2-4-6-8-15;/h11-12,15,20-21H,2-10,13H2,1H3;1H/p-1. The van der Waals surface area contributed by atoms with Crippen LogP contribution in [0.15, 0.2) is 16.6 Å². The fourth-order valence-electron chi connectivity index (χ4n) is 3.06. The van der Waals surface area contributed by atoms with Crippen LogP contribution < -0.4 is 27.2 Å². The molecule has 24 heavy (non-hydrogen) atoms. The highest BCUT2D eigenvalue weighted by Crippen LogP contribution is 2.33. The summed E-state index contributed by atoms with van der Waals surface area (Å²) >= 11 is 3.62. The lowest BCUT2D eigenvalue weighted by atomic mass is 9.96. The minimum Gasteiger partial charge on any atom is -1.00 e. The van der Waals surface area contributed by atoms with Gasteiger partial charge in [-0.05, 0) is 30.5 Å². The van der Waals surface area contributed by atoms with Gasteiger partial charge in [0.15, 0.2) is 11.5 Å². The van der Waals surface area contributed by atoms with Crippen LogP contribution in [0, 0.1) is 0 Å². The largest absolute Gasteiger partial charge is 1.00 e. The molecule has 1 aromatic rings. The van der Waals surface area contributed by atoms with E-state index in [1.807, 2.05) is 12.1 Å². The zero-order valence-corrected chi connectivity index (χ0v) is 16.7. The number of hydrogen-bond donors (Lipinski definition) is 2. The third-order valence-electron chi connectivity index (χ3n) is 4.37. The topological polar surface area (TPSA) is 50.7 Å². The Balaban J connectivity index is 0.00000288. The van der Waals surface area contributed by atoms with Gasteiger partial charge >= 0.3 is 0 Å². The fourth-order valence-corrected chi connectivity index (χ4v) is 3.52. The summed E-state index contributed by atoms with van der Waals surface area (Å²) < 4.78 is 11.9. The molecular weight excluding hydrogens is 394 g/mol. The Kier molecular flexibility index (Phi) is 10.7. The highest BCUT2D eigenvalue weighted by Gasteiger charge is 2.14. The van der Waals surface area contributed by atoms with E-state index >= 15 is 0 Å². The van der Waals surface area contributed by atoms with E-state index in [0.29, 0.717) is 17.5 Å². The highest BCUT2D eigenvalue weighted by molar-refractivity contribution is 9.10. The summed E-state index contributed by atoms with van der Waals surface area (Å²) in [6, 6.07) is 4.54. The summed E-state index contributed by atoms with van der Waals surface area (Å²) in [5, 5.41) is 12.6. The van der Waals surface area contributed by atoms with Crippen LogP contribution >= 0.6 is 15.9 Å². The summed E-state index contributed by atoms with van der Waals surface area (Å²) in [5.74, 6) is 1.36. The van der Waals surface area contributed by atoms with Crippen molar-refractivity contribution in [3.05, 3.63) is 22.2 Å². The van der Waals surface area contributed by atoms with Gasteiger partial charge in [-0.3, -0.25) is 0 Å². The van der Waals surface area contributed by atoms with Gasteiger partial charge in [0.05, 0.1) is 13.7 Å². The van der Waals surface area contributed by atoms with Crippen molar-refractivity contribution in [1.29, 1.82) is 0 Å². The number of halogens is 2. The molecule has 0 bridgehead atoms. The van der Waals surface area contributed by atoms with Crippen LogP contribution in [-0.2, 0) is 6.54 Å². The van der Waals surface area contributed by atoms with Crippen molar-refractivity contribution in [2.24, 2.45) is 0 Å². The van der Waals surface area contributed by atoms with Crippen LogP contribution in [0.2, 0.25) is 0 Å². The van der Waals surface area contributed by atoms with Gasteiger partial charge in [0.25, 0.3) is 0 Å². The minimum absolute atomic E-state index is 0. The molecule has 0 saturated heterocycles. The van der Waals surface area contributed by atoms with Gasteiger partial charge in [0, 0.05) is 17.1 Å². The van der Waals surface area contributed by atoms with Gasteiger partial charge in [0.1, 0.15) is 6.61 Å². The second-order valence-electron chi connectivity index (χ2n) is 6.09. The quantitative estimate of drug-likeness (QED) is 0.691. The molecule has 138 valence electrons. The van der Waals surface area contributed by atoms with Crippen LogP contribution in [0.1, 0.15) is 50.5 Å². The van der Waals surface area contributed by atoms with Crippen molar-refractivity contribution in [3.63, 3.8) is 0 Å². The monoisotopic (exact) mass is 420 g/mol. The fraction of sp³-hybridized carbons (Fsp3) is 0.667. The molecule has 0 radical (unpaired) electrons. The summed E-state index contributed by atoms with van der Waals surface area (Å²) in [7, 11) is 1.64. The van der Waals surface area contributed by atoms with Crippen LogP contribution in [0.4, 0.5) is 0 Å². The van der Waals surface area contributed by atoms with Crippen molar-refractivity contribution in [3.8, 4) is 11.5 Å². The first kappa shape index (κ1) is 21.6. The Morgan fingerprint density at radius 3 is 2.42 bits per heavy atom. The third kappa shape index (κ3) is 6.79. The number of nitrogens with one attached hydrogen (secondary N) is 1. The molecule has 1 aliphatic carbocycles. The first-order valence-electron chi connectivity index (χ1n) is 8.58. The lowest BCUT2D eigenvalue weighted by Gasteiger charge is -2.22. The van der Waals surface area contributed by atoms with Crippen molar-refractivity contribution < 1.29 is 27.0 Å². The first-order chi connectivity index (χ1) is 11.2. The normalized spacial score (nSPS) is 16.0. The second-order valence-corrected chi connectivity index (χ2v) is 6.94. The smallest absolute Gasteiger partial charge is 0.162 e. The number of aliphatic hydroxyl groups excluding tert-OH is 1. The van der Waals surface area contributed by atoms with E-state index in [0.717, 1.165) is 11.0 Å². The predicted octanol–water partition coefficient (Wildman–Crippen LogP) is 1.04. The molecule has 1 saturated carbocycles. The van der Waals surface area contributed by atoms with Crippen molar-refractivity contribution in [1.82, 2.24) is 5.32 Å². The number of methoxy groups -OCH3 is 1. The maximum atomic E-state index is 8.90. The van der Waals surface area contributed by atoms with E-state index in [2.05, 4.69) is 21.2 Å². The number of hydrogen-bond acceptors (Lipinski definition) is 4. The molecule has 0 atom stereocenters. The van der Waals surface area contributed by atoms with Crippen molar-refractivity contribution in [2.75, 3.05) is 20.3 Å². The molecule has 1 fully saturated rings. The van der Waals surface area contributed by atoms with Crippen molar-refractivity contribution >= 4 is 15.9 Å². The Morgan fingerprint density at radius 2 is 1.79 bits per heavy atom. The Labute approximate surface area is 159 Å². The van der Waals surface area contributed by atoms with Crippen LogP contribution in [0.3, 0.4) is 0 Å². The molecule has 2 N–H and O–H groups in total. The summed E-state index contributed by atoms with van der Waals surface area (Å²) in [6.07, 6.45) is 9.33. The molecule has 0 aliphatic heterocycles. The zero-order valence-electron chi connectivity index (χ0n) is 14.3. The van der Waals surface area contributed by atoms with Gasteiger partial charge in [-0.25, -0.2) is 0 Å². The molecule has 1 aromatic carbocycles. The van der Waals surface area contributed by atoms with Crippen molar-refractivity contribution in [2.45, 2.75) is 57.5 Å². The number of benzene rings is 1. The highest BCUT2D eigenvalue weighted by atomic mass is 79.9. The zero-order chi connectivity index (χ0) is 16.5. The van der Waals surface area contributed by atoms with E-state index in [4.69, 9.17) is 14.6 Å². The second kappa shape index (κ2) is 12.0. The van der Waals surface area contributed by atoms with Gasteiger partial charge in [-0.2, -0.15) is 0 Å². The number of ether oxygens (including phenoxy) is 2. The van der Waals surface area contributed by atoms with Gasteiger partial charge in [-0.15, -0.1) is 0 Å². The maximum absolute atomic E-state index is 8.90. The van der Waals surface area contributed by atoms with Crippen LogP contribution in [-0.4, -0.2) is 31.5 Å². The molecule has 0 unspecified atom stereocenters. The molecular formula is C18H28BrClNO3-. The minimum atomic E-state index is -0.00817. The molecule has 2 rings (SSSR count). The lowest BCUT2D eigenvalue weighted by Crippen LogP contribution is -3.00. The van der Waals surface area contributed by atoms with E-state index in [-0.39, 0.29) is 25.6 Å². The number of rotatable bonds is 7. The van der Waals surface area contributed by atoms with E-state index in [1.54, 1.807) is 7.11 Å². The van der Waals surface area contributed by atoms with E-state index < -0.39 is 0 Å². The molecule has 0 amide bonds. The number of aliphatic hydroxyl groups is 1. The summed E-state index contributed by atoms with van der Waals surface area (Å²) in [5.41, 5.74) is 1.17. The summed E-state index contributed by atoms with van der Waals surface area (Å²) in [6.45, 7) is 1.08. The average molecular weight is 422 g/mol. The lowest BCUT2D eigenvalue weighted by molar-refractivity contribution is -0.00000619. The van der Waals surface area contributed by atoms with E-state index in [9.17, 15) is 0 Å². The van der Waals surface area contributed by atoms with Gasteiger partial charge in [0.2, 0.25) is 0 Å². The maximum Gasteiger partial charge on any atom is 0.162 e. The molecule has 1 aliphatic rings.